The zero-order valence-electron chi connectivity index (χ0n) is 16.4. The van der Waals surface area contributed by atoms with Gasteiger partial charge in [0.1, 0.15) is 11.4 Å². The molecule has 0 aromatic carbocycles. The van der Waals surface area contributed by atoms with Crippen LogP contribution in [0.4, 0.5) is 10.6 Å². The molecular weight excluding hydrogens is 330 g/mol. The first kappa shape index (κ1) is 20.2. The van der Waals surface area contributed by atoms with Crippen molar-refractivity contribution >= 4 is 17.7 Å². The van der Waals surface area contributed by atoms with E-state index in [2.05, 4.69) is 15.2 Å². The van der Waals surface area contributed by atoms with E-state index in [0.717, 1.165) is 37.3 Å². The van der Waals surface area contributed by atoms with E-state index in [-0.39, 0.29) is 5.78 Å². The van der Waals surface area contributed by atoms with Gasteiger partial charge in [0.15, 0.2) is 5.78 Å². The van der Waals surface area contributed by atoms with Crippen LogP contribution in [-0.2, 0) is 4.74 Å². The fourth-order valence-corrected chi connectivity index (χ4v) is 3.00. The highest BCUT2D eigenvalue weighted by Crippen LogP contribution is 2.21. The summed E-state index contributed by atoms with van der Waals surface area (Å²) in [6, 6.07) is 2.02. The maximum Gasteiger partial charge on any atom is 0.407 e. The van der Waals surface area contributed by atoms with Crippen molar-refractivity contribution in [2.75, 3.05) is 24.5 Å². The lowest BCUT2D eigenvalue weighted by Gasteiger charge is -2.19. The van der Waals surface area contributed by atoms with Crippen LogP contribution in [0.25, 0.3) is 0 Å². The minimum atomic E-state index is -0.494. The van der Waals surface area contributed by atoms with Crippen LogP contribution >= 0.6 is 0 Å². The molecule has 6 nitrogen and oxygen atoms in total. The molecule has 2 rings (SSSR count). The summed E-state index contributed by atoms with van der Waals surface area (Å²) in [6.45, 7) is 10.1. The SMILES string of the molecule is Cc1cc(N2CCCC2)ncc1C(=O)CCCCNC(=O)OC(C)(C)C. The first-order valence-corrected chi connectivity index (χ1v) is 9.48. The Balaban J connectivity index is 1.73. The van der Waals surface area contributed by atoms with Gasteiger partial charge in [-0.1, -0.05) is 0 Å². The minimum absolute atomic E-state index is 0.111. The quantitative estimate of drug-likeness (QED) is 0.590. The van der Waals surface area contributed by atoms with Gasteiger partial charge in [0.2, 0.25) is 0 Å². The summed E-state index contributed by atoms with van der Waals surface area (Å²) in [5, 5.41) is 2.71. The van der Waals surface area contributed by atoms with Gasteiger partial charge in [0.05, 0.1) is 0 Å². The molecule has 2 heterocycles. The van der Waals surface area contributed by atoms with Crippen molar-refractivity contribution in [2.45, 2.75) is 65.4 Å². The fourth-order valence-electron chi connectivity index (χ4n) is 3.00. The molecule has 0 bridgehead atoms. The van der Waals surface area contributed by atoms with E-state index in [1.165, 1.54) is 12.8 Å². The highest BCUT2D eigenvalue weighted by molar-refractivity contribution is 5.97. The Labute approximate surface area is 156 Å². The Bertz CT molecular complexity index is 632. The molecule has 1 aliphatic heterocycles. The number of amides is 1. The van der Waals surface area contributed by atoms with Gasteiger partial charge in [-0.05, 0) is 65.0 Å². The molecule has 1 aromatic rings. The van der Waals surface area contributed by atoms with Crippen molar-refractivity contribution < 1.29 is 14.3 Å². The number of aromatic nitrogens is 1. The van der Waals surface area contributed by atoms with E-state index >= 15 is 0 Å². The number of rotatable bonds is 7. The van der Waals surface area contributed by atoms with Gasteiger partial charge in [0.25, 0.3) is 0 Å². The van der Waals surface area contributed by atoms with Crippen LogP contribution in [0.1, 0.15) is 68.8 Å². The number of nitrogens with one attached hydrogen (secondary N) is 1. The Morgan fingerprint density at radius 2 is 1.92 bits per heavy atom. The predicted molar refractivity (Wildman–Crippen MR) is 103 cm³/mol. The van der Waals surface area contributed by atoms with Crippen molar-refractivity contribution in [1.29, 1.82) is 0 Å². The summed E-state index contributed by atoms with van der Waals surface area (Å²) < 4.78 is 5.17. The summed E-state index contributed by atoms with van der Waals surface area (Å²) >= 11 is 0. The maximum absolute atomic E-state index is 12.4. The monoisotopic (exact) mass is 361 g/mol. The van der Waals surface area contributed by atoms with E-state index in [1.807, 2.05) is 33.8 Å². The number of alkyl carbamates (subject to hydrolysis) is 1. The zero-order chi connectivity index (χ0) is 19.2. The number of hydrogen-bond acceptors (Lipinski definition) is 5. The van der Waals surface area contributed by atoms with Crippen LogP contribution in [0.5, 0.6) is 0 Å². The molecule has 6 heteroatoms. The Hall–Kier alpha value is -2.11. The average molecular weight is 361 g/mol. The molecule has 0 saturated carbocycles. The highest BCUT2D eigenvalue weighted by Gasteiger charge is 2.17. The number of pyridine rings is 1. The number of Topliss-reactive ketones (excluding diaryl/α,β-unsaturated/α-hetero) is 1. The molecule has 1 fully saturated rings. The van der Waals surface area contributed by atoms with Crippen LogP contribution < -0.4 is 10.2 Å². The van der Waals surface area contributed by atoms with Crippen molar-refractivity contribution in [2.24, 2.45) is 0 Å². The lowest BCUT2D eigenvalue weighted by atomic mass is 10.0. The van der Waals surface area contributed by atoms with Gasteiger partial charge < -0.3 is 15.0 Å². The number of nitrogens with zero attached hydrogens (tertiary/aromatic N) is 2. The van der Waals surface area contributed by atoms with Gasteiger partial charge in [-0.25, -0.2) is 9.78 Å². The molecule has 1 aliphatic rings. The zero-order valence-corrected chi connectivity index (χ0v) is 16.4. The highest BCUT2D eigenvalue weighted by atomic mass is 16.6. The smallest absolute Gasteiger partial charge is 0.407 e. The van der Waals surface area contributed by atoms with Gasteiger partial charge >= 0.3 is 6.09 Å². The standard InChI is InChI=1S/C20H31N3O3/c1-15-13-18(23-11-7-8-12-23)22-14-16(15)17(24)9-5-6-10-21-19(25)26-20(2,3)4/h13-14H,5-12H2,1-4H3,(H,21,25). The Morgan fingerprint density at radius 1 is 1.23 bits per heavy atom. The molecule has 0 unspecified atom stereocenters. The number of unbranched alkanes of at least 4 members (excludes halogenated alkanes) is 1. The summed E-state index contributed by atoms with van der Waals surface area (Å²) in [5.41, 5.74) is 1.19. The number of carbonyl (C=O) groups is 2. The number of hydrogen-bond donors (Lipinski definition) is 1. The first-order valence-electron chi connectivity index (χ1n) is 9.48. The normalized spacial score (nSPS) is 14.4. The molecule has 144 valence electrons. The summed E-state index contributed by atoms with van der Waals surface area (Å²) in [4.78, 5) is 30.7. The number of carbonyl (C=O) groups excluding carboxylic acids is 2. The number of aryl methyl sites for hydroxylation is 1. The van der Waals surface area contributed by atoms with Crippen molar-refractivity contribution in [3.05, 3.63) is 23.4 Å². The number of ketones is 1. The third-order valence-electron chi connectivity index (χ3n) is 4.33. The fraction of sp³-hybridized carbons (Fsp3) is 0.650. The molecule has 26 heavy (non-hydrogen) atoms. The van der Waals surface area contributed by atoms with Crippen LogP contribution in [0, 0.1) is 6.92 Å². The molecule has 1 N–H and O–H groups in total. The molecule has 0 atom stereocenters. The van der Waals surface area contributed by atoms with E-state index in [0.29, 0.717) is 18.5 Å². The van der Waals surface area contributed by atoms with E-state index in [4.69, 9.17) is 4.74 Å². The van der Waals surface area contributed by atoms with Crippen LogP contribution in [0.15, 0.2) is 12.3 Å². The Morgan fingerprint density at radius 3 is 2.54 bits per heavy atom. The minimum Gasteiger partial charge on any atom is -0.444 e. The average Bonchev–Trinajstić information content (AvgIpc) is 3.07. The summed E-state index contributed by atoms with van der Waals surface area (Å²) in [5.74, 6) is 1.08. The maximum atomic E-state index is 12.4. The first-order chi connectivity index (χ1) is 12.3. The molecule has 1 saturated heterocycles. The lowest BCUT2D eigenvalue weighted by Crippen LogP contribution is -2.33. The van der Waals surface area contributed by atoms with Crippen LogP contribution in [0.3, 0.4) is 0 Å². The number of anilines is 1. The molecule has 0 spiro atoms. The second-order valence-electron chi connectivity index (χ2n) is 7.86. The molecule has 0 radical (unpaired) electrons. The van der Waals surface area contributed by atoms with Crippen molar-refractivity contribution in [3.63, 3.8) is 0 Å². The molecular formula is C20H31N3O3. The largest absolute Gasteiger partial charge is 0.444 e. The van der Waals surface area contributed by atoms with Crippen molar-refractivity contribution in [3.8, 4) is 0 Å². The summed E-state index contributed by atoms with van der Waals surface area (Å²) in [6.07, 6.45) is 5.63. The molecule has 0 aliphatic carbocycles. The van der Waals surface area contributed by atoms with E-state index in [9.17, 15) is 9.59 Å². The number of ether oxygens (including phenoxy) is 1. The van der Waals surface area contributed by atoms with Crippen LogP contribution in [-0.4, -0.2) is 42.1 Å². The third kappa shape index (κ3) is 6.32. The van der Waals surface area contributed by atoms with E-state index < -0.39 is 11.7 Å². The molecule has 1 aromatic heterocycles. The van der Waals surface area contributed by atoms with Gasteiger partial charge in [-0.15, -0.1) is 0 Å². The second-order valence-corrected chi connectivity index (χ2v) is 7.86. The van der Waals surface area contributed by atoms with Gasteiger partial charge in [0, 0.05) is 37.8 Å². The van der Waals surface area contributed by atoms with Crippen LogP contribution in [0.2, 0.25) is 0 Å². The second kappa shape index (κ2) is 9.01. The topological polar surface area (TPSA) is 71.5 Å². The summed E-state index contributed by atoms with van der Waals surface area (Å²) in [7, 11) is 0. The van der Waals surface area contributed by atoms with Gasteiger partial charge in [-0.3, -0.25) is 4.79 Å². The predicted octanol–water partition coefficient (Wildman–Crippen LogP) is 3.87. The van der Waals surface area contributed by atoms with E-state index in [1.54, 1.807) is 6.20 Å². The van der Waals surface area contributed by atoms with Gasteiger partial charge in [-0.2, -0.15) is 0 Å². The van der Waals surface area contributed by atoms with Crippen molar-refractivity contribution in [1.82, 2.24) is 10.3 Å². The third-order valence-corrected chi connectivity index (χ3v) is 4.33. The molecule has 1 amide bonds. The lowest BCUT2D eigenvalue weighted by molar-refractivity contribution is 0.0527. The Kier molecular flexibility index (Phi) is 7.00.